The van der Waals surface area contributed by atoms with E-state index in [4.69, 9.17) is 12.2 Å². The van der Waals surface area contributed by atoms with Crippen LogP contribution < -0.4 is 4.98 Å². The minimum Gasteiger partial charge on any atom is -0.468 e. The molecular formula is C12H11N2O3S2+. The topological polar surface area (TPSA) is 60.8 Å². The summed E-state index contributed by atoms with van der Waals surface area (Å²) in [6, 6.07) is 3.68. The minimum atomic E-state index is -0.494. The molecule has 1 N–H and O–H groups in total. The number of pyridine rings is 1. The molecule has 0 saturated carbocycles. The number of carbonyl (C=O) groups is 2. The molecule has 0 bridgehead atoms. The van der Waals surface area contributed by atoms with Gasteiger partial charge in [0.15, 0.2) is 12.4 Å². The zero-order valence-corrected chi connectivity index (χ0v) is 11.7. The van der Waals surface area contributed by atoms with E-state index in [1.54, 1.807) is 18.5 Å². The summed E-state index contributed by atoms with van der Waals surface area (Å²) in [5.41, 5.74) is 0.886. The molecule has 1 amide bonds. The lowest BCUT2D eigenvalue weighted by molar-refractivity contribution is -0.378. The Bertz CT molecular complexity index is 557. The first kappa shape index (κ1) is 13.7. The number of aromatic nitrogens is 1. The Kier molecular flexibility index (Phi) is 4.28. The van der Waals surface area contributed by atoms with Crippen molar-refractivity contribution in [2.24, 2.45) is 0 Å². The molecule has 0 aliphatic carbocycles. The summed E-state index contributed by atoms with van der Waals surface area (Å²) in [4.78, 5) is 28.0. The molecular weight excluding hydrogens is 284 g/mol. The Hall–Kier alpha value is -1.73. The number of hydrogen-bond donors (Lipinski definition) is 0. The number of thioether (sulfide) groups is 1. The lowest BCUT2D eigenvalue weighted by Gasteiger charge is -2.11. The number of esters is 1. The van der Waals surface area contributed by atoms with E-state index in [1.165, 1.54) is 23.8 Å². The van der Waals surface area contributed by atoms with Gasteiger partial charge in [-0.2, -0.15) is 0 Å². The zero-order valence-electron chi connectivity index (χ0n) is 10.1. The highest BCUT2D eigenvalue weighted by Gasteiger charge is 2.33. The lowest BCUT2D eigenvalue weighted by atomic mass is 10.2. The number of rotatable bonds is 3. The molecule has 1 saturated heterocycles. The Morgan fingerprint density at radius 3 is 2.84 bits per heavy atom. The van der Waals surface area contributed by atoms with Gasteiger partial charge in [0.1, 0.15) is 10.9 Å². The first-order valence-corrected chi connectivity index (χ1v) is 6.62. The fourth-order valence-corrected chi connectivity index (χ4v) is 2.73. The summed E-state index contributed by atoms with van der Waals surface area (Å²) in [6.07, 6.45) is 5.27. The molecule has 1 aromatic rings. The van der Waals surface area contributed by atoms with E-state index in [2.05, 4.69) is 9.72 Å². The average Bonchev–Trinajstić information content (AvgIpc) is 2.67. The zero-order chi connectivity index (χ0) is 13.8. The molecule has 98 valence electrons. The molecule has 1 aromatic heterocycles. The SMILES string of the molecule is COC(=O)CN1C(=O)C(=Cc2cc[nH+]cc2)SC1=S. The molecule has 7 heteroatoms. The number of carbonyl (C=O) groups excluding carboxylic acids is 2. The molecule has 5 nitrogen and oxygen atoms in total. The summed E-state index contributed by atoms with van der Waals surface area (Å²) in [6.45, 7) is -0.152. The van der Waals surface area contributed by atoms with E-state index in [1.807, 2.05) is 12.1 Å². The highest BCUT2D eigenvalue weighted by molar-refractivity contribution is 8.26. The molecule has 0 radical (unpaired) electrons. The Morgan fingerprint density at radius 1 is 1.53 bits per heavy atom. The molecule has 0 aromatic carbocycles. The van der Waals surface area contributed by atoms with Crippen molar-refractivity contribution in [3.63, 3.8) is 0 Å². The molecule has 1 aliphatic rings. The molecule has 2 heterocycles. The third-order valence-electron chi connectivity index (χ3n) is 2.43. The van der Waals surface area contributed by atoms with Gasteiger partial charge in [-0.25, -0.2) is 4.98 Å². The maximum atomic E-state index is 12.1. The van der Waals surface area contributed by atoms with Crippen molar-refractivity contribution in [2.45, 2.75) is 0 Å². The van der Waals surface area contributed by atoms with Gasteiger partial charge in [0.2, 0.25) is 0 Å². The van der Waals surface area contributed by atoms with Gasteiger partial charge in [0.25, 0.3) is 5.91 Å². The van der Waals surface area contributed by atoms with Gasteiger partial charge < -0.3 is 4.74 Å². The van der Waals surface area contributed by atoms with Crippen molar-refractivity contribution in [2.75, 3.05) is 13.7 Å². The van der Waals surface area contributed by atoms with Crippen LogP contribution in [0.3, 0.4) is 0 Å². The maximum absolute atomic E-state index is 12.1. The number of H-pyrrole nitrogens is 1. The fourth-order valence-electron chi connectivity index (χ4n) is 1.48. The number of ether oxygens (including phenoxy) is 1. The predicted octanol–water partition coefficient (Wildman–Crippen LogP) is 0.875. The highest BCUT2D eigenvalue weighted by atomic mass is 32.2. The van der Waals surface area contributed by atoms with Crippen LogP contribution in [0.4, 0.5) is 0 Å². The summed E-state index contributed by atoms with van der Waals surface area (Å²) in [5.74, 6) is -0.764. The third-order valence-corrected chi connectivity index (χ3v) is 3.81. The number of methoxy groups -OCH3 is 1. The molecule has 0 atom stereocenters. The van der Waals surface area contributed by atoms with E-state index < -0.39 is 5.97 Å². The van der Waals surface area contributed by atoms with Crippen LogP contribution in [0.25, 0.3) is 6.08 Å². The standard InChI is InChI=1S/C12H10N2O3S2/c1-17-10(15)7-14-11(16)9(19-12(14)18)6-8-2-4-13-5-3-8/h2-6H,7H2,1H3/p+1. The van der Waals surface area contributed by atoms with Crippen molar-refractivity contribution in [3.8, 4) is 0 Å². The summed E-state index contributed by atoms with van der Waals surface area (Å²) < 4.78 is 4.90. The smallest absolute Gasteiger partial charge is 0.325 e. The molecule has 0 unspecified atom stereocenters. The first-order chi connectivity index (χ1) is 9.11. The summed E-state index contributed by atoms with van der Waals surface area (Å²) >= 11 is 6.27. The number of aromatic amines is 1. The monoisotopic (exact) mass is 295 g/mol. The Labute approximate surface area is 119 Å². The molecule has 0 spiro atoms. The van der Waals surface area contributed by atoms with Gasteiger partial charge >= 0.3 is 5.97 Å². The summed E-state index contributed by atoms with van der Waals surface area (Å²) in [7, 11) is 1.27. The molecule has 1 aliphatic heterocycles. The van der Waals surface area contributed by atoms with E-state index >= 15 is 0 Å². The maximum Gasteiger partial charge on any atom is 0.325 e. The Morgan fingerprint density at radius 2 is 2.21 bits per heavy atom. The van der Waals surface area contributed by atoms with Gasteiger partial charge in [-0.05, 0) is 11.6 Å². The van der Waals surface area contributed by atoms with E-state index in [0.29, 0.717) is 9.23 Å². The van der Waals surface area contributed by atoms with Gasteiger partial charge in [-0.3, -0.25) is 14.5 Å². The second-order valence-corrected chi connectivity index (χ2v) is 5.35. The largest absolute Gasteiger partial charge is 0.468 e. The Balaban J connectivity index is 2.18. The van der Waals surface area contributed by atoms with Crippen LogP contribution in [0.15, 0.2) is 29.4 Å². The van der Waals surface area contributed by atoms with Crippen molar-refractivity contribution < 1.29 is 19.3 Å². The second kappa shape index (κ2) is 5.94. The lowest BCUT2D eigenvalue weighted by Crippen LogP contribution is -2.33. The quantitative estimate of drug-likeness (QED) is 0.470. The minimum absolute atomic E-state index is 0.152. The van der Waals surface area contributed by atoms with Crippen molar-refractivity contribution in [1.29, 1.82) is 0 Å². The van der Waals surface area contributed by atoms with E-state index in [0.717, 1.165) is 5.56 Å². The number of hydrogen-bond acceptors (Lipinski definition) is 5. The summed E-state index contributed by atoms with van der Waals surface area (Å²) in [5, 5.41) is 0. The van der Waals surface area contributed by atoms with Gasteiger partial charge in [0, 0.05) is 12.1 Å². The van der Waals surface area contributed by atoms with Crippen molar-refractivity contribution in [1.82, 2.24) is 4.90 Å². The van der Waals surface area contributed by atoms with Crippen LogP contribution in [0, 0.1) is 0 Å². The number of thiocarbonyl (C=S) groups is 1. The van der Waals surface area contributed by atoms with Gasteiger partial charge in [-0.15, -0.1) is 0 Å². The van der Waals surface area contributed by atoms with Gasteiger partial charge in [-0.1, -0.05) is 24.0 Å². The van der Waals surface area contributed by atoms with E-state index in [9.17, 15) is 9.59 Å². The van der Waals surface area contributed by atoms with Gasteiger partial charge in [0.05, 0.1) is 12.0 Å². The normalized spacial score (nSPS) is 17.1. The number of amides is 1. The first-order valence-electron chi connectivity index (χ1n) is 5.40. The average molecular weight is 295 g/mol. The van der Waals surface area contributed by atoms with Crippen LogP contribution in [0.1, 0.15) is 5.56 Å². The molecule has 2 rings (SSSR count). The van der Waals surface area contributed by atoms with Crippen LogP contribution in [-0.4, -0.2) is 34.8 Å². The van der Waals surface area contributed by atoms with Crippen LogP contribution in [-0.2, 0) is 14.3 Å². The van der Waals surface area contributed by atoms with Crippen molar-refractivity contribution in [3.05, 3.63) is 35.0 Å². The van der Waals surface area contributed by atoms with Crippen LogP contribution >= 0.6 is 24.0 Å². The third kappa shape index (κ3) is 3.18. The predicted molar refractivity (Wildman–Crippen MR) is 74.9 cm³/mol. The van der Waals surface area contributed by atoms with Crippen LogP contribution in [0.5, 0.6) is 0 Å². The highest BCUT2D eigenvalue weighted by Crippen LogP contribution is 2.32. The number of nitrogens with zero attached hydrogens (tertiary/aromatic N) is 1. The second-order valence-electron chi connectivity index (χ2n) is 3.68. The molecule has 1 fully saturated rings. The van der Waals surface area contributed by atoms with Crippen LogP contribution in [0.2, 0.25) is 0 Å². The fraction of sp³-hybridized carbons (Fsp3) is 0.167. The van der Waals surface area contributed by atoms with E-state index in [-0.39, 0.29) is 12.5 Å². The molecule has 19 heavy (non-hydrogen) atoms. The van der Waals surface area contributed by atoms with Crippen molar-refractivity contribution >= 4 is 46.3 Å². The number of nitrogens with one attached hydrogen (secondary N) is 1.